The Morgan fingerprint density at radius 2 is 2.19 bits per heavy atom. The van der Waals surface area contributed by atoms with E-state index in [0.29, 0.717) is 6.42 Å². The van der Waals surface area contributed by atoms with Crippen molar-refractivity contribution in [3.63, 3.8) is 0 Å². The maximum atomic E-state index is 11.4. The molecule has 5 nitrogen and oxygen atoms in total. The van der Waals surface area contributed by atoms with E-state index in [9.17, 15) is 9.59 Å². The molecule has 0 aliphatic carbocycles. The van der Waals surface area contributed by atoms with Gasteiger partial charge in [0.05, 0.1) is 26.1 Å². The topological polar surface area (TPSA) is 61.8 Å². The van der Waals surface area contributed by atoms with Crippen LogP contribution in [-0.2, 0) is 23.8 Å². The van der Waals surface area contributed by atoms with Crippen molar-refractivity contribution in [1.29, 1.82) is 0 Å². The van der Waals surface area contributed by atoms with Crippen LogP contribution in [0.2, 0.25) is 0 Å². The Morgan fingerprint density at radius 1 is 1.50 bits per heavy atom. The number of hydrogen-bond acceptors (Lipinski definition) is 5. The molecular formula is C10H15BO5. The third-order valence-corrected chi connectivity index (χ3v) is 2.27. The molecule has 1 rings (SSSR count). The summed E-state index contributed by atoms with van der Waals surface area (Å²) in [7, 11) is 6.80. The predicted octanol–water partition coefficient (Wildman–Crippen LogP) is 0.155. The molecule has 88 valence electrons. The van der Waals surface area contributed by atoms with Crippen molar-refractivity contribution in [2.45, 2.75) is 44.4 Å². The van der Waals surface area contributed by atoms with Crippen LogP contribution in [0.25, 0.3) is 0 Å². The second-order valence-corrected chi connectivity index (χ2v) is 3.55. The van der Waals surface area contributed by atoms with E-state index in [-0.39, 0.29) is 19.7 Å². The second kappa shape index (κ2) is 5.89. The standard InChI is InChI=1S/C10H15BO5/c1-6-7(5-8(11)15-6)16-10(13)4-3-9(12)14-2/h6-8H,3-5H2,1-2H3/t6-,7-,8-/m1/s1/i1D. The smallest absolute Gasteiger partial charge is 0.306 e. The normalized spacial score (nSPS) is 29.6. The Kier molecular flexibility index (Phi) is 4.21. The van der Waals surface area contributed by atoms with Gasteiger partial charge in [0.15, 0.2) is 0 Å². The van der Waals surface area contributed by atoms with Gasteiger partial charge in [0.1, 0.15) is 14.0 Å². The number of ether oxygens (including phenoxy) is 3. The fourth-order valence-corrected chi connectivity index (χ4v) is 1.41. The highest BCUT2D eigenvalue weighted by molar-refractivity contribution is 6.11. The summed E-state index contributed by atoms with van der Waals surface area (Å²) in [6.07, 6.45) is -0.642. The van der Waals surface area contributed by atoms with Gasteiger partial charge in [-0.05, 0) is 6.90 Å². The monoisotopic (exact) mass is 227 g/mol. The maximum Gasteiger partial charge on any atom is 0.306 e. The third-order valence-electron chi connectivity index (χ3n) is 2.27. The third kappa shape index (κ3) is 3.85. The highest BCUT2D eigenvalue weighted by atomic mass is 16.6. The van der Waals surface area contributed by atoms with E-state index < -0.39 is 30.1 Å². The quantitative estimate of drug-likeness (QED) is 0.505. The number of carbonyl (C=O) groups excluding carboxylic acids is 2. The van der Waals surface area contributed by atoms with Gasteiger partial charge in [-0.1, -0.05) is 0 Å². The van der Waals surface area contributed by atoms with Crippen LogP contribution in [-0.4, -0.2) is 45.1 Å². The van der Waals surface area contributed by atoms with Gasteiger partial charge in [0, 0.05) is 13.8 Å². The van der Waals surface area contributed by atoms with Crippen molar-refractivity contribution >= 4 is 19.8 Å². The number of rotatable bonds is 4. The van der Waals surface area contributed by atoms with Gasteiger partial charge in [0.2, 0.25) is 0 Å². The minimum absolute atomic E-state index is 0.0113. The molecule has 0 unspecified atom stereocenters. The number of carbonyl (C=O) groups is 2. The minimum Gasteiger partial charge on any atom is -0.469 e. The number of methoxy groups -OCH3 is 1. The van der Waals surface area contributed by atoms with Crippen LogP contribution in [0, 0.1) is 0 Å². The molecule has 3 atom stereocenters. The lowest BCUT2D eigenvalue weighted by Gasteiger charge is -2.14. The van der Waals surface area contributed by atoms with Crippen molar-refractivity contribution in [3.8, 4) is 0 Å². The Balaban J connectivity index is 2.32. The molecule has 2 radical (unpaired) electrons. The lowest BCUT2D eigenvalue weighted by atomic mass is 9.96. The Hall–Kier alpha value is -1.04. The van der Waals surface area contributed by atoms with Crippen molar-refractivity contribution in [1.82, 2.24) is 0 Å². The average molecular weight is 227 g/mol. The first-order valence-electron chi connectivity index (χ1n) is 5.74. The molecule has 1 aliphatic rings. The van der Waals surface area contributed by atoms with Gasteiger partial charge in [-0.25, -0.2) is 0 Å². The van der Waals surface area contributed by atoms with Gasteiger partial charge in [-0.3, -0.25) is 9.59 Å². The van der Waals surface area contributed by atoms with Gasteiger partial charge < -0.3 is 14.2 Å². The summed E-state index contributed by atoms with van der Waals surface area (Å²) in [6.45, 7) is -0.0113. The van der Waals surface area contributed by atoms with Crippen molar-refractivity contribution in [3.05, 3.63) is 0 Å². The van der Waals surface area contributed by atoms with Crippen molar-refractivity contribution in [2.75, 3.05) is 7.11 Å². The Labute approximate surface area is 97.2 Å². The summed E-state index contributed by atoms with van der Waals surface area (Å²) in [5.74, 6) is -0.963. The summed E-state index contributed by atoms with van der Waals surface area (Å²) in [6, 6.07) is -0.497. The first-order chi connectivity index (χ1) is 8.06. The molecule has 0 aromatic heterocycles. The number of hydrogen-bond donors (Lipinski definition) is 0. The molecule has 0 bridgehead atoms. The lowest BCUT2D eigenvalue weighted by molar-refractivity contribution is -0.154. The van der Waals surface area contributed by atoms with E-state index >= 15 is 0 Å². The zero-order valence-corrected chi connectivity index (χ0v) is 9.18. The van der Waals surface area contributed by atoms with E-state index in [4.69, 9.17) is 18.7 Å². The summed E-state index contributed by atoms with van der Waals surface area (Å²) in [5.41, 5.74) is 0. The average Bonchev–Trinajstić information content (AvgIpc) is 2.66. The fraction of sp³-hybridized carbons (Fsp3) is 0.800. The van der Waals surface area contributed by atoms with Crippen molar-refractivity contribution in [2.24, 2.45) is 0 Å². The SMILES string of the molecule is [2H]C[C@H]1O[C@@H]([B])C[C@H]1OC(=O)CCC(=O)OC. The molecular weight excluding hydrogens is 211 g/mol. The predicted molar refractivity (Wildman–Crippen MR) is 55.8 cm³/mol. The zero-order chi connectivity index (χ0) is 12.8. The first-order valence-corrected chi connectivity index (χ1v) is 5.03. The molecule has 1 saturated heterocycles. The van der Waals surface area contributed by atoms with Crippen LogP contribution < -0.4 is 0 Å². The summed E-state index contributed by atoms with van der Waals surface area (Å²) < 4.78 is 21.9. The minimum atomic E-state index is -0.503. The van der Waals surface area contributed by atoms with Crippen LogP contribution in [0.1, 0.15) is 27.5 Å². The molecule has 0 spiro atoms. The summed E-state index contributed by atoms with van der Waals surface area (Å²) in [5, 5.41) is 0. The van der Waals surface area contributed by atoms with E-state index in [2.05, 4.69) is 4.74 Å². The molecule has 1 aliphatic heterocycles. The molecule has 0 N–H and O–H groups in total. The summed E-state index contributed by atoms with van der Waals surface area (Å²) in [4.78, 5) is 22.2. The fourth-order valence-electron chi connectivity index (χ4n) is 1.41. The first kappa shape index (κ1) is 11.5. The van der Waals surface area contributed by atoms with Crippen LogP contribution in [0.3, 0.4) is 0 Å². The maximum absolute atomic E-state index is 11.4. The van der Waals surface area contributed by atoms with E-state index in [1.165, 1.54) is 7.11 Å². The van der Waals surface area contributed by atoms with E-state index in [1.807, 2.05) is 0 Å². The molecule has 0 amide bonds. The molecule has 6 heteroatoms. The van der Waals surface area contributed by atoms with Gasteiger partial charge in [-0.15, -0.1) is 0 Å². The lowest BCUT2D eigenvalue weighted by Crippen LogP contribution is -2.25. The second-order valence-electron chi connectivity index (χ2n) is 3.55. The molecule has 1 fully saturated rings. The van der Waals surface area contributed by atoms with E-state index in [1.54, 1.807) is 0 Å². The van der Waals surface area contributed by atoms with Crippen LogP contribution in [0.15, 0.2) is 0 Å². The van der Waals surface area contributed by atoms with Crippen LogP contribution in [0.5, 0.6) is 0 Å². The highest BCUT2D eigenvalue weighted by Gasteiger charge is 2.32. The van der Waals surface area contributed by atoms with Crippen molar-refractivity contribution < 1.29 is 25.2 Å². The molecule has 0 aromatic carbocycles. The molecule has 16 heavy (non-hydrogen) atoms. The highest BCUT2D eigenvalue weighted by Crippen LogP contribution is 2.21. The van der Waals surface area contributed by atoms with Gasteiger partial charge in [0.25, 0.3) is 0 Å². The Morgan fingerprint density at radius 3 is 2.81 bits per heavy atom. The number of esters is 2. The Bertz CT molecular complexity index is 286. The van der Waals surface area contributed by atoms with E-state index in [0.717, 1.165) is 0 Å². The van der Waals surface area contributed by atoms with Gasteiger partial charge >= 0.3 is 11.9 Å². The zero-order valence-electron chi connectivity index (χ0n) is 10.2. The summed E-state index contributed by atoms with van der Waals surface area (Å²) >= 11 is 0. The van der Waals surface area contributed by atoms with Crippen LogP contribution >= 0.6 is 0 Å². The molecule has 0 saturated carbocycles. The molecule has 0 aromatic rings. The largest absolute Gasteiger partial charge is 0.469 e. The molecule has 1 heterocycles. The van der Waals surface area contributed by atoms with Gasteiger partial charge in [-0.2, -0.15) is 0 Å². The van der Waals surface area contributed by atoms with Crippen LogP contribution in [0.4, 0.5) is 0 Å².